The third-order valence-corrected chi connectivity index (χ3v) is 3.19. The summed E-state index contributed by atoms with van der Waals surface area (Å²) in [6.45, 7) is 1.99. The lowest BCUT2D eigenvalue weighted by atomic mass is 10.1. The first-order valence-corrected chi connectivity index (χ1v) is 6.78. The van der Waals surface area contributed by atoms with Crippen molar-refractivity contribution in [3.05, 3.63) is 29.8 Å². The molecule has 1 atom stereocenters. The molecule has 0 aromatic heterocycles. The maximum absolute atomic E-state index is 12.0. The predicted octanol–water partition coefficient (Wildman–Crippen LogP) is 2.83. The van der Waals surface area contributed by atoms with Gasteiger partial charge in [0.25, 0.3) is 5.91 Å². The second kappa shape index (κ2) is 6.97. The highest BCUT2D eigenvalue weighted by atomic mass is 32.2. The lowest BCUT2D eigenvalue weighted by Gasteiger charge is -2.12. The van der Waals surface area contributed by atoms with Crippen LogP contribution in [0.25, 0.3) is 0 Å². The minimum atomic E-state index is -0.401. The number of hydrogen-bond acceptors (Lipinski definition) is 3. The van der Waals surface area contributed by atoms with Crippen LogP contribution in [0.15, 0.2) is 29.2 Å². The van der Waals surface area contributed by atoms with Gasteiger partial charge in [0.05, 0.1) is 11.6 Å². The molecule has 0 saturated heterocycles. The van der Waals surface area contributed by atoms with Crippen LogP contribution in [0.3, 0.4) is 0 Å². The van der Waals surface area contributed by atoms with E-state index in [1.54, 1.807) is 6.07 Å². The number of benzene rings is 1. The van der Waals surface area contributed by atoms with Crippen LogP contribution in [0, 0.1) is 11.3 Å². The van der Waals surface area contributed by atoms with Crippen LogP contribution in [0.2, 0.25) is 0 Å². The molecule has 1 aromatic rings. The van der Waals surface area contributed by atoms with Crippen molar-refractivity contribution in [2.75, 3.05) is 6.26 Å². The molecule has 3 nitrogen and oxygen atoms in total. The van der Waals surface area contributed by atoms with Crippen LogP contribution in [-0.4, -0.2) is 18.2 Å². The van der Waals surface area contributed by atoms with E-state index < -0.39 is 6.04 Å². The van der Waals surface area contributed by atoms with Gasteiger partial charge in [0, 0.05) is 4.90 Å². The number of carbonyl (C=O) groups excluding carboxylic acids is 1. The van der Waals surface area contributed by atoms with E-state index in [1.807, 2.05) is 31.4 Å². The summed E-state index contributed by atoms with van der Waals surface area (Å²) in [5.41, 5.74) is 0.636. The van der Waals surface area contributed by atoms with E-state index in [4.69, 9.17) is 5.26 Å². The molecular weight excluding hydrogens is 232 g/mol. The van der Waals surface area contributed by atoms with Crippen molar-refractivity contribution in [2.24, 2.45) is 0 Å². The molecule has 1 unspecified atom stereocenters. The lowest BCUT2D eigenvalue weighted by molar-refractivity contribution is 0.0941. The Kier molecular flexibility index (Phi) is 5.58. The number of nitriles is 1. The number of nitrogens with one attached hydrogen (secondary N) is 1. The number of rotatable bonds is 5. The van der Waals surface area contributed by atoms with Gasteiger partial charge in [0.2, 0.25) is 0 Å². The first kappa shape index (κ1) is 13.6. The summed E-state index contributed by atoms with van der Waals surface area (Å²) >= 11 is 1.53. The summed E-state index contributed by atoms with van der Waals surface area (Å²) in [4.78, 5) is 12.9. The molecule has 0 heterocycles. The molecule has 90 valence electrons. The summed E-state index contributed by atoms with van der Waals surface area (Å²) in [6, 6.07) is 9.11. The van der Waals surface area contributed by atoms with Crippen molar-refractivity contribution >= 4 is 17.7 Å². The third-order valence-electron chi connectivity index (χ3n) is 2.39. The Morgan fingerprint density at radius 1 is 1.53 bits per heavy atom. The Bertz CT molecular complexity index is 426. The quantitative estimate of drug-likeness (QED) is 0.815. The average molecular weight is 248 g/mol. The van der Waals surface area contributed by atoms with Gasteiger partial charge in [-0.15, -0.1) is 11.8 Å². The molecule has 17 heavy (non-hydrogen) atoms. The normalized spacial score (nSPS) is 11.6. The van der Waals surface area contributed by atoms with Crippen LogP contribution >= 0.6 is 11.8 Å². The Balaban J connectivity index is 2.79. The summed E-state index contributed by atoms with van der Waals surface area (Å²) in [7, 11) is 0. The fraction of sp³-hybridized carbons (Fsp3) is 0.385. The molecule has 0 aliphatic heterocycles. The molecule has 4 heteroatoms. The Morgan fingerprint density at radius 2 is 2.24 bits per heavy atom. The zero-order valence-corrected chi connectivity index (χ0v) is 10.9. The van der Waals surface area contributed by atoms with Gasteiger partial charge in [-0.05, 0) is 24.8 Å². The van der Waals surface area contributed by atoms with E-state index in [0.717, 1.165) is 11.3 Å². The molecule has 0 spiro atoms. The summed E-state index contributed by atoms with van der Waals surface area (Å²) < 4.78 is 0. The van der Waals surface area contributed by atoms with E-state index in [1.165, 1.54) is 11.8 Å². The SMILES string of the molecule is CCCC(C#N)NC(=O)c1ccccc1SC. The van der Waals surface area contributed by atoms with Crippen LogP contribution in [-0.2, 0) is 0 Å². The monoisotopic (exact) mass is 248 g/mol. The molecule has 0 saturated carbocycles. The highest BCUT2D eigenvalue weighted by molar-refractivity contribution is 7.98. The highest BCUT2D eigenvalue weighted by Gasteiger charge is 2.14. The van der Waals surface area contributed by atoms with Gasteiger partial charge >= 0.3 is 0 Å². The molecule has 1 N–H and O–H groups in total. The number of hydrogen-bond donors (Lipinski definition) is 1. The maximum Gasteiger partial charge on any atom is 0.253 e. The third kappa shape index (κ3) is 3.79. The molecule has 1 amide bonds. The summed E-state index contributed by atoms with van der Waals surface area (Å²) in [5, 5.41) is 11.7. The van der Waals surface area contributed by atoms with Crippen molar-refractivity contribution < 1.29 is 4.79 Å². The van der Waals surface area contributed by atoms with Gasteiger partial charge < -0.3 is 5.32 Å². The minimum absolute atomic E-state index is 0.171. The van der Waals surface area contributed by atoms with Gasteiger partial charge in [-0.2, -0.15) is 5.26 Å². The van der Waals surface area contributed by atoms with Gasteiger partial charge in [-0.3, -0.25) is 4.79 Å². The number of nitrogens with zero attached hydrogens (tertiary/aromatic N) is 1. The molecule has 0 aliphatic carbocycles. The topological polar surface area (TPSA) is 52.9 Å². The van der Waals surface area contributed by atoms with Crippen LogP contribution < -0.4 is 5.32 Å². The van der Waals surface area contributed by atoms with E-state index >= 15 is 0 Å². The fourth-order valence-corrected chi connectivity index (χ4v) is 2.12. The van der Waals surface area contributed by atoms with E-state index in [9.17, 15) is 4.79 Å². The second-order valence-electron chi connectivity index (χ2n) is 3.64. The molecule has 1 rings (SSSR count). The highest BCUT2D eigenvalue weighted by Crippen LogP contribution is 2.19. The molecule has 0 radical (unpaired) electrons. The fourth-order valence-electron chi connectivity index (χ4n) is 1.53. The predicted molar refractivity (Wildman–Crippen MR) is 70.0 cm³/mol. The molecule has 0 fully saturated rings. The van der Waals surface area contributed by atoms with Crippen molar-refractivity contribution in [1.29, 1.82) is 5.26 Å². The van der Waals surface area contributed by atoms with Gasteiger partial charge in [-0.1, -0.05) is 25.5 Å². The first-order chi connectivity index (χ1) is 8.22. The Hall–Kier alpha value is -1.47. The van der Waals surface area contributed by atoms with E-state index in [0.29, 0.717) is 12.0 Å². The van der Waals surface area contributed by atoms with Crippen molar-refractivity contribution in [1.82, 2.24) is 5.32 Å². The summed E-state index contributed by atoms with van der Waals surface area (Å²) in [5.74, 6) is -0.171. The van der Waals surface area contributed by atoms with Crippen LogP contribution in [0.4, 0.5) is 0 Å². The van der Waals surface area contributed by atoms with E-state index in [-0.39, 0.29) is 5.91 Å². The standard InChI is InChI=1S/C13H16N2OS/c1-3-6-10(9-14)15-13(16)11-7-4-5-8-12(11)17-2/h4-5,7-8,10H,3,6H2,1-2H3,(H,15,16). The van der Waals surface area contributed by atoms with Crippen molar-refractivity contribution in [3.8, 4) is 6.07 Å². The van der Waals surface area contributed by atoms with Gasteiger partial charge in [-0.25, -0.2) is 0 Å². The number of thioether (sulfide) groups is 1. The molecule has 0 aliphatic rings. The van der Waals surface area contributed by atoms with Crippen LogP contribution in [0.5, 0.6) is 0 Å². The molecule has 1 aromatic carbocycles. The minimum Gasteiger partial charge on any atom is -0.336 e. The maximum atomic E-state index is 12.0. The average Bonchev–Trinajstić information content (AvgIpc) is 2.38. The lowest BCUT2D eigenvalue weighted by Crippen LogP contribution is -2.33. The second-order valence-corrected chi connectivity index (χ2v) is 4.49. The molecular formula is C13H16N2OS. The zero-order valence-electron chi connectivity index (χ0n) is 10.1. The molecule has 0 bridgehead atoms. The van der Waals surface area contributed by atoms with Crippen LogP contribution in [0.1, 0.15) is 30.1 Å². The van der Waals surface area contributed by atoms with Crippen molar-refractivity contribution in [2.45, 2.75) is 30.7 Å². The van der Waals surface area contributed by atoms with Gasteiger partial charge in [0.15, 0.2) is 0 Å². The van der Waals surface area contributed by atoms with Gasteiger partial charge in [0.1, 0.15) is 6.04 Å². The zero-order chi connectivity index (χ0) is 12.7. The Labute approximate surface area is 106 Å². The smallest absolute Gasteiger partial charge is 0.253 e. The van der Waals surface area contributed by atoms with Crippen molar-refractivity contribution in [3.63, 3.8) is 0 Å². The first-order valence-electron chi connectivity index (χ1n) is 5.56. The number of carbonyl (C=O) groups is 1. The van der Waals surface area contributed by atoms with E-state index in [2.05, 4.69) is 11.4 Å². The largest absolute Gasteiger partial charge is 0.336 e. The number of amides is 1. The summed E-state index contributed by atoms with van der Waals surface area (Å²) in [6.07, 6.45) is 3.49. The Morgan fingerprint density at radius 3 is 2.82 bits per heavy atom.